The van der Waals surface area contributed by atoms with Gasteiger partial charge in [0.15, 0.2) is 0 Å². The molecule has 78 valence electrons. The first-order valence-corrected chi connectivity index (χ1v) is 7.12. The van der Waals surface area contributed by atoms with Crippen LogP contribution in [0.4, 0.5) is 0 Å². The lowest BCUT2D eigenvalue weighted by Gasteiger charge is -2.26. The summed E-state index contributed by atoms with van der Waals surface area (Å²) in [6.45, 7) is 0. The van der Waals surface area contributed by atoms with E-state index in [2.05, 4.69) is 20.7 Å². The molecule has 0 heterocycles. The second-order valence-corrected chi connectivity index (χ2v) is 6.51. The smallest absolute Gasteiger partial charge is 0.221 e. The third-order valence-corrected chi connectivity index (χ3v) is 5.05. The van der Waals surface area contributed by atoms with Gasteiger partial charge in [-0.3, -0.25) is 0 Å². The number of hydrogen-bond acceptors (Lipinski definition) is 3. The van der Waals surface area contributed by atoms with E-state index in [1.807, 2.05) is 0 Å². The summed E-state index contributed by atoms with van der Waals surface area (Å²) in [5.74, 6) is 0. The highest BCUT2D eigenvalue weighted by molar-refractivity contribution is 9.10. The molecular formula is C7H15BrN2O2S. The van der Waals surface area contributed by atoms with Crippen molar-refractivity contribution in [1.29, 1.82) is 0 Å². The normalized spacial score (nSPS) is 30.3. The average Bonchev–Trinajstić information content (AvgIpc) is 2.09. The van der Waals surface area contributed by atoms with E-state index in [4.69, 9.17) is 5.73 Å². The lowest BCUT2D eigenvalue weighted by atomic mass is 9.93. The molecule has 1 aliphatic rings. The van der Waals surface area contributed by atoms with Crippen LogP contribution in [-0.2, 0) is 10.0 Å². The average molecular weight is 271 g/mol. The Balaban J connectivity index is 2.39. The van der Waals surface area contributed by atoms with Crippen molar-refractivity contribution in [3.63, 3.8) is 0 Å². The standard InChI is InChI=1S/C7H15BrN2O2S/c8-5-13(11,12)10-7-3-1-6(9)2-4-7/h6-7,10H,1-5,9H2. The Morgan fingerprint density at radius 3 is 2.31 bits per heavy atom. The first-order valence-electron chi connectivity index (χ1n) is 4.35. The maximum Gasteiger partial charge on any atom is 0.221 e. The summed E-state index contributed by atoms with van der Waals surface area (Å²) in [5, 5.41) is 0. The van der Waals surface area contributed by atoms with Gasteiger partial charge in [0.05, 0.1) is 0 Å². The molecule has 1 aliphatic carbocycles. The maximum atomic E-state index is 11.2. The molecule has 0 radical (unpaired) electrons. The fourth-order valence-corrected chi connectivity index (χ4v) is 2.73. The van der Waals surface area contributed by atoms with Crippen molar-refractivity contribution in [3.8, 4) is 0 Å². The summed E-state index contributed by atoms with van der Waals surface area (Å²) in [6, 6.07) is 0.340. The predicted molar refractivity (Wildman–Crippen MR) is 56.1 cm³/mol. The fourth-order valence-electron chi connectivity index (χ4n) is 1.52. The zero-order valence-corrected chi connectivity index (χ0v) is 9.77. The van der Waals surface area contributed by atoms with Gasteiger partial charge in [0, 0.05) is 12.1 Å². The van der Waals surface area contributed by atoms with Crippen molar-refractivity contribution < 1.29 is 8.42 Å². The Morgan fingerprint density at radius 1 is 1.31 bits per heavy atom. The van der Waals surface area contributed by atoms with E-state index in [9.17, 15) is 8.42 Å². The van der Waals surface area contributed by atoms with Gasteiger partial charge >= 0.3 is 0 Å². The molecule has 0 aliphatic heterocycles. The van der Waals surface area contributed by atoms with E-state index in [1.165, 1.54) is 0 Å². The van der Waals surface area contributed by atoms with Gasteiger partial charge in [-0.15, -0.1) is 0 Å². The van der Waals surface area contributed by atoms with Gasteiger partial charge in [0.25, 0.3) is 0 Å². The molecule has 0 unspecified atom stereocenters. The first-order chi connectivity index (χ1) is 6.03. The minimum Gasteiger partial charge on any atom is -0.328 e. The SMILES string of the molecule is NC1CCC(NS(=O)(=O)CBr)CC1. The molecule has 0 aromatic carbocycles. The van der Waals surface area contributed by atoms with E-state index in [-0.39, 0.29) is 16.7 Å². The Bertz CT molecular complexity index is 247. The van der Waals surface area contributed by atoms with Crippen LogP contribution >= 0.6 is 15.9 Å². The Labute approximate surface area is 87.4 Å². The van der Waals surface area contributed by atoms with Crippen LogP contribution in [0, 0.1) is 0 Å². The zero-order chi connectivity index (χ0) is 9.90. The van der Waals surface area contributed by atoms with E-state index >= 15 is 0 Å². The minimum atomic E-state index is -3.11. The van der Waals surface area contributed by atoms with Crippen LogP contribution in [-0.4, -0.2) is 25.2 Å². The van der Waals surface area contributed by atoms with E-state index in [1.54, 1.807) is 0 Å². The van der Waals surface area contributed by atoms with Crippen LogP contribution < -0.4 is 10.5 Å². The fraction of sp³-hybridized carbons (Fsp3) is 1.00. The lowest BCUT2D eigenvalue weighted by molar-refractivity contribution is 0.374. The van der Waals surface area contributed by atoms with Crippen LogP contribution in [0.15, 0.2) is 0 Å². The van der Waals surface area contributed by atoms with Crippen LogP contribution in [0.25, 0.3) is 0 Å². The van der Waals surface area contributed by atoms with E-state index < -0.39 is 10.0 Å². The molecular weight excluding hydrogens is 256 g/mol. The number of hydrogen-bond donors (Lipinski definition) is 2. The van der Waals surface area contributed by atoms with Gasteiger partial charge in [0.1, 0.15) is 4.66 Å². The molecule has 0 aromatic heterocycles. The number of alkyl halides is 1. The second-order valence-electron chi connectivity index (χ2n) is 3.45. The number of nitrogens with two attached hydrogens (primary N) is 1. The summed E-state index contributed by atoms with van der Waals surface area (Å²) < 4.78 is 24.9. The number of sulfonamides is 1. The molecule has 4 nitrogen and oxygen atoms in total. The minimum absolute atomic E-state index is 0.0252. The quantitative estimate of drug-likeness (QED) is 0.735. The van der Waals surface area contributed by atoms with Crippen molar-refractivity contribution in [1.82, 2.24) is 4.72 Å². The summed E-state index contributed by atoms with van der Waals surface area (Å²) >= 11 is 2.93. The molecule has 0 bridgehead atoms. The lowest BCUT2D eigenvalue weighted by Crippen LogP contribution is -2.40. The Morgan fingerprint density at radius 2 is 1.85 bits per heavy atom. The van der Waals surface area contributed by atoms with Crippen molar-refractivity contribution in [2.24, 2.45) is 5.73 Å². The van der Waals surface area contributed by atoms with Crippen molar-refractivity contribution >= 4 is 26.0 Å². The molecule has 13 heavy (non-hydrogen) atoms. The molecule has 0 saturated heterocycles. The maximum absolute atomic E-state index is 11.2. The molecule has 3 N–H and O–H groups in total. The zero-order valence-electron chi connectivity index (χ0n) is 7.37. The summed E-state index contributed by atoms with van der Waals surface area (Å²) in [5.41, 5.74) is 5.71. The summed E-state index contributed by atoms with van der Waals surface area (Å²) in [6.07, 6.45) is 3.53. The van der Waals surface area contributed by atoms with Gasteiger partial charge in [-0.2, -0.15) is 0 Å². The highest BCUT2D eigenvalue weighted by Crippen LogP contribution is 2.17. The second kappa shape index (κ2) is 4.72. The highest BCUT2D eigenvalue weighted by atomic mass is 79.9. The third kappa shape index (κ3) is 3.93. The van der Waals surface area contributed by atoms with Crippen molar-refractivity contribution in [3.05, 3.63) is 0 Å². The molecule has 0 spiro atoms. The Kier molecular flexibility index (Phi) is 4.15. The van der Waals surface area contributed by atoms with Crippen LogP contribution in [0.2, 0.25) is 0 Å². The van der Waals surface area contributed by atoms with Gasteiger partial charge in [-0.1, -0.05) is 15.9 Å². The van der Waals surface area contributed by atoms with E-state index in [0.29, 0.717) is 0 Å². The van der Waals surface area contributed by atoms with E-state index in [0.717, 1.165) is 25.7 Å². The van der Waals surface area contributed by atoms with Gasteiger partial charge < -0.3 is 5.73 Å². The number of rotatable bonds is 3. The number of nitrogens with one attached hydrogen (secondary N) is 1. The molecule has 1 rings (SSSR count). The number of halogens is 1. The Hall–Kier alpha value is 0.350. The predicted octanol–water partition coefficient (Wildman–Crippen LogP) is 0.528. The molecule has 1 saturated carbocycles. The topological polar surface area (TPSA) is 72.2 Å². The molecule has 0 atom stereocenters. The van der Waals surface area contributed by atoms with Crippen LogP contribution in [0.5, 0.6) is 0 Å². The van der Waals surface area contributed by atoms with Gasteiger partial charge in [-0.25, -0.2) is 13.1 Å². The molecule has 0 amide bonds. The van der Waals surface area contributed by atoms with Gasteiger partial charge in [-0.05, 0) is 25.7 Å². The van der Waals surface area contributed by atoms with Crippen molar-refractivity contribution in [2.45, 2.75) is 37.8 Å². The van der Waals surface area contributed by atoms with Crippen LogP contribution in [0.3, 0.4) is 0 Å². The molecule has 0 aromatic rings. The monoisotopic (exact) mass is 270 g/mol. The third-order valence-electron chi connectivity index (χ3n) is 2.26. The summed E-state index contributed by atoms with van der Waals surface area (Å²) in [4.78, 5) is 0. The molecule has 1 fully saturated rings. The summed E-state index contributed by atoms with van der Waals surface area (Å²) in [7, 11) is -3.11. The first kappa shape index (κ1) is 11.4. The highest BCUT2D eigenvalue weighted by Gasteiger charge is 2.22. The largest absolute Gasteiger partial charge is 0.328 e. The van der Waals surface area contributed by atoms with Crippen molar-refractivity contribution in [2.75, 3.05) is 4.66 Å². The molecule has 6 heteroatoms. The van der Waals surface area contributed by atoms with Gasteiger partial charge in [0.2, 0.25) is 10.0 Å². The van der Waals surface area contributed by atoms with Crippen LogP contribution in [0.1, 0.15) is 25.7 Å².